The third kappa shape index (κ3) is 5.75. The van der Waals surface area contributed by atoms with Crippen LogP contribution in [0.3, 0.4) is 0 Å². The molecule has 0 aliphatic heterocycles. The predicted octanol–water partition coefficient (Wildman–Crippen LogP) is 4.81. The van der Waals surface area contributed by atoms with E-state index >= 15 is 0 Å². The highest BCUT2D eigenvalue weighted by Crippen LogP contribution is 2.40. The maximum Gasteiger partial charge on any atom is 0.320 e. The summed E-state index contributed by atoms with van der Waals surface area (Å²) in [4.78, 5) is 24.1. The van der Waals surface area contributed by atoms with Crippen molar-refractivity contribution in [3.05, 3.63) is 75.3 Å². The van der Waals surface area contributed by atoms with Gasteiger partial charge in [0.05, 0.1) is 0 Å². The summed E-state index contributed by atoms with van der Waals surface area (Å²) in [5.74, 6) is -1.16. The number of carbonyl (C=O) groups is 2. The fourth-order valence-electron chi connectivity index (χ4n) is 3.68. The van der Waals surface area contributed by atoms with Crippen LogP contribution < -0.4 is 11.1 Å². The molecule has 1 aliphatic rings. The molecule has 1 saturated carbocycles. The van der Waals surface area contributed by atoms with Gasteiger partial charge in [0.2, 0.25) is 0 Å². The molecule has 0 saturated heterocycles. The summed E-state index contributed by atoms with van der Waals surface area (Å²) in [5, 5.41) is 16.6. The lowest BCUT2D eigenvalue weighted by Crippen LogP contribution is -2.43. The van der Waals surface area contributed by atoms with E-state index in [4.69, 9.17) is 33.5 Å². The maximum atomic E-state index is 14.2. The summed E-state index contributed by atoms with van der Waals surface area (Å²) in [6.45, 7) is 0. The first-order valence-electron chi connectivity index (χ1n) is 10.7. The van der Waals surface area contributed by atoms with Gasteiger partial charge in [-0.05, 0) is 61.1 Å². The lowest BCUT2D eigenvalue weighted by Gasteiger charge is -2.21. The van der Waals surface area contributed by atoms with Gasteiger partial charge in [0.25, 0.3) is 5.91 Å². The first-order valence-corrected chi connectivity index (χ1v) is 11.5. The van der Waals surface area contributed by atoms with Crippen molar-refractivity contribution in [3.8, 4) is 11.1 Å². The second-order valence-corrected chi connectivity index (χ2v) is 9.22. The predicted molar refractivity (Wildman–Crippen MR) is 126 cm³/mol. The van der Waals surface area contributed by atoms with Crippen molar-refractivity contribution in [2.75, 3.05) is 0 Å². The van der Waals surface area contributed by atoms with Crippen LogP contribution in [0.2, 0.25) is 10.0 Å². The molecule has 4 N–H and O–H groups in total. The minimum Gasteiger partial charge on any atom is -0.480 e. The van der Waals surface area contributed by atoms with Crippen molar-refractivity contribution in [2.45, 2.75) is 43.7 Å². The molecule has 0 spiro atoms. The van der Waals surface area contributed by atoms with Gasteiger partial charge >= 0.3 is 5.97 Å². The van der Waals surface area contributed by atoms with E-state index in [1.165, 1.54) is 18.2 Å². The Bertz CT molecular complexity index is 1230. The normalized spacial score (nSPS) is 15.1. The molecule has 3 aromatic rings. The lowest BCUT2D eigenvalue weighted by atomic mass is 9.97. The summed E-state index contributed by atoms with van der Waals surface area (Å²) < 4.78 is 19.5. The van der Waals surface area contributed by atoms with Gasteiger partial charge in [-0.25, -0.2) is 4.39 Å². The molecular formula is C24H22Cl2FN3O4. The number of hydrogen-bond donors (Lipinski definition) is 3. The van der Waals surface area contributed by atoms with Crippen molar-refractivity contribution in [1.82, 2.24) is 10.5 Å². The van der Waals surface area contributed by atoms with Crippen LogP contribution in [0.1, 0.15) is 47.0 Å². The van der Waals surface area contributed by atoms with Gasteiger partial charge in [-0.3, -0.25) is 9.59 Å². The molecule has 0 radical (unpaired) electrons. The third-order valence-corrected chi connectivity index (χ3v) is 6.28. The van der Waals surface area contributed by atoms with Crippen molar-refractivity contribution in [1.29, 1.82) is 0 Å². The minimum atomic E-state index is -1.19. The van der Waals surface area contributed by atoms with Crippen LogP contribution in [0.5, 0.6) is 0 Å². The largest absolute Gasteiger partial charge is 0.480 e. The monoisotopic (exact) mass is 505 g/mol. The van der Waals surface area contributed by atoms with Gasteiger partial charge in [-0.2, -0.15) is 0 Å². The quantitative estimate of drug-likeness (QED) is 0.384. The zero-order valence-electron chi connectivity index (χ0n) is 17.9. The van der Waals surface area contributed by atoms with E-state index in [0.29, 0.717) is 38.4 Å². The molecule has 1 fully saturated rings. The SMILES string of the molecule is N[C@H](C[C@@H](Cc1ccc(-c2cc(Cl)ccc2F)cc1Cl)NC(=O)c1cc(C2CC2)on1)C(=O)O. The number of nitrogens with zero attached hydrogens (tertiary/aromatic N) is 1. The number of nitrogens with one attached hydrogen (secondary N) is 1. The minimum absolute atomic E-state index is 0.0323. The summed E-state index contributed by atoms with van der Waals surface area (Å²) in [6.07, 6.45) is 2.17. The number of hydrogen-bond acceptors (Lipinski definition) is 5. The van der Waals surface area contributed by atoms with E-state index in [9.17, 15) is 19.1 Å². The van der Waals surface area contributed by atoms with E-state index in [1.807, 2.05) is 0 Å². The number of carbonyl (C=O) groups excluding carboxylic acids is 1. The highest BCUT2D eigenvalue weighted by Gasteiger charge is 2.30. The van der Waals surface area contributed by atoms with Crippen molar-refractivity contribution < 1.29 is 23.6 Å². The van der Waals surface area contributed by atoms with E-state index < -0.39 is 29.8 Å². The molecule has 2 atom stereocenters. The first kappa shape index (κ1) is 24.2. The second-order valence-electron chi connectivity index (χ2n) is 8.37. The molecule has 10 heteroatoms. The third-order valence-electron chi connectivity index (χ3n) is 5.69. The van der Waals surface area contributed by atoms with Crippen molar-refractivity contribution in [2.24, 2.45) is 5.73 Å². The standard InChI is InChI=1S/C24H22Cl2FN3O4/c25-15-5-6-19(27)17(9-15)13-3-4-14(18(26)8-13)7-16(10-20(28)24(32)33)29-23(31)21-11-22(34-30-21)12-1-2-12/h3-6,8-9,11-12,16,20H,1-2,7,10,28H2,(H,29,31)(H,32,33)/t16-,20-/m1/s1. The number of carboxylic acids is 1. The van der Waals surface area contributed by atoms with Crippen molar-refractivity contribution >= 4 is 35.1 Å². The van der Waals surface area contributed by atoms with Crippen LogP contribution in [0.15, 0.2) is 47.0 Å². The van der Waals surface area contributed by atoms with Crippen LogP contribution in [0, 0.1) is 5.82 Å². The smallest absolute Gasteiger partial charge is 0.320 e. The number of amides is 1. The van der Waals surface area contributed by atoms with Crippen molar-refractivity contribution in [3.63, 3.8) is 0 Å². The Balaban J connectivity index is 1.53. The van der Waals surface area contributed by atoms with Gasteiger partial charge in [-0.15, -0.1) is 0 Å². The summed E-state index contributed by atoms with van der Waals surface area (Å²) >= 11 is 12.5. The molecule has 178 valence electrons. The Labute approximate surface area is 205 Å². The van der Waals surface area contributed by atoms with E-state index in [2.05, 4.69) is 10.5 Å². The molecule has 0 bridgehead atoms. The fourth-order valence-corrected chi connectivity index (χ4v) is 4.11. The number of aromatic nitrogens is 1. The molecule has 1 aliphatic carbocycles. The Morgan fingerprint density at radius 1 is 1.21 bits per heavy atom. The zero-order chi connectivity index (χ0) is 24.4. The van der Waals surface area contributed by atoms with E-state index in [0.717, 1.165) is 12.8 Å². The van der Waals surface area contributed by atoms with Gasteiger partial charge < -0.3 is 20.7 Å². The first-order chi connectivity index (χ1) is 16.2. The number of benzene rings is 2. The van der Waals surface area contributed by atoms with E-state index in [1.54, 1.807) is 24.3 Å². The highest BCUT2D eigenvalue weighted by atomic mass is 35.5. The molecule has 4 rings (SSSR count). The van der Waals surface area contributed by atoms with Crippen LogP contribution in [0.4, 0.5) is 4.39 Å². The molecule has 34 heavy (non-hydrogen) atoms. The zero-order valence-corrected chi connectivity index (χ0v) is 19.4. The highest BCUT2D eigenvalue weighted by molar-refractivity contribution is 6.32. The Morgan fingerprint density at radius 2 is 1.97 bits per heavy atom. The van der Waals surface area contributed by atoms with Gasteiger partial charge in [0.1, 0.15) is 17.6 Å². The van der Waals surface area contributed by atoms with Gasteiger partial charge in [-0.1, -0.05) is 40.5 Å². The number of halogens is 3. The van der Waals surface area contributed by atoms with Gasteiger partial charge in [0, 0.05) is 33.6 Å². The molecule has 1 amide bonds. The molecule has 7 nitrogen and oxygen atoms in total. The van der Waals surface area contributed by atoms with E-state index in [-0.39, 0.29) is 18.5 Å². The Hall–Kier alpha value is -2.94. The van der Waals surface area contributed by atoms with Crippen LogP contribution in [0.25, 0.3) is 11.1 Å². The molecule has 1 aromatic heterocycles. The lowest BCUT2D eigenvalue weighted by molar-refractivity contribution is -0.138. The Kier molecular flexibility index (Phi) is 7.21. The summed E-state index contributed by atoms with van der Waals surface area (Å²) in [7, 11) is 0. The van der Waals surface area contributed by atoms with Gasteiger partial charge in [0.15, 0.2) is 5.69 Å². The average molecular weight is 506 g/mol. The number of carboxylic acid groups (broad SMARTS) is 1. The number of rotatable bonds is 9. The number of nitrogens with two attached hydrogens (primary N) is 1. The van der Waals surface area contributed by atoms with Crippen LogP contribution in [-0.2, 0) is 11.2 Å². The molecule has 2 aromatic carbocycles. The average Bonchev–Trinajstić information content (AvgIpc) is 3.52. The fraction of sp³-hybridized carbons (Fsp3) is 0.292. The topological polar surface area (TPSA) is 118 Å². The molecule has 0 unspecified atom stereocenters. The maximum absolute atomic E-state index is 14.2. The molecular weight excluding hydrogens is 484 g/mol. The summed E-state index contributed by atoms with van der Waals surface area (Å²) in [6, 6.07) is 8.98. The van der Waals surface area contributed by atoms with Crippen LogP contribution in [-0.4, -0.2) is 34.2 Å². The Morgan fingerprint density at radius 3 is 2.65 bits per heavy atom. The second kappa shape index (κ2) is 10.1. The summed E-state index contributed by atoms with van der Waals surface area (Å²) in [5.41, 5.74) is 7.32. The van der Waals surface area contributed by atoms with Crippen LogP contribution >= 0.6 is 23.2 Å². The molecule has 1 heterocycles. The number of aliphatic carboxylic acids is 1.